The molecule has 120 heavy (non-hydrogen) atoms. The highest BCUT2D eigenvalue weighted by Crippen LogP contribution is 2.41. The average Bonchev–Trinajstić information content (AvgIpc) is 0.772. The molecule has 1 unspecified atom stereocenters. The van der Waals surface area contributed by atoms with Crippen LogP contribution in [0.25, 0.3) is 0 Å². The molecule has 24 N–H and O–H groups in total. The first-order valence-electron chi connectivity index (χ1n) is 33.4. The van der Waals surface area contributed by atoms with Gasteiger partial charge in [-0.1, -0.05) is 0 Å². The molecule has 0 aromatic heterocycles. The van der Waals surface area contributed by atoms with Gasteiger partial charge in [0, 0.05) is 0 Å². The second-order valence-corrected chi connectivity index (χ2v) is 35.4. The van der Waals surface area contributed by atoms with Crippen LogP contribution in [0.4, 0.5) is 0 Å². The standard InChI is InChI=1S/C48H80O64S8/c49-17-25(57)41-97-9(1-89-113(65,66)67)33(17)105-42-26(58)18(50)35(11(98-42)3-91-115(71,72)73)107-44-28(60)20(52)37(13(100-44)5-93-117(77,78)79)109-46-30(62)22(54)39(15(102-46)7-95-119(83,84)85)111-48-32(64)24(56)40(16(104-48)8-96-120(86,87)88)112-47-31(63)23(55)38(14(103-47)6-94-118(80,81)82)110-45-29(61)21(53)36(12(101-45)4-92-116(74,75)76)108-43-27(59)19(51)34(106-41)10(99-43)2-90-114(68,69)70/h9-64H,1-8H2,(H,65,66,67)(H,68,69,70)(H,71,72,73)(H,74,75,76)(H,77,78,79)(H,80,81,82)(H,83,84,85)(H,86,87,88)/t9-,10-,11-,12-,13-,14-,15-,16-,17-,18-,19-,20-,21-,22-,23-,24-,25-,26-,27-,28-,29-,30-,31-,32-,33-,34-,35-,36-,37-,38-,39-,40-,41-,42-,43-,44-,45-,46-,47-,48?/m1/s1. The number of aliphatic hydroxyl groups excluding tert-OH is 16. The maximum atomic E-state index is 12.0. The third kappa shape index (κ3) is 26.9. The molecule has 40 atom stereocenters. The number of ether oxygens (including phenoxy) is 16. The normalized spacial score (nSPS) is 44.9. The lowest BCUT2D eigenvalue weighted by atomic mass is 9.94. The molecule has 30 fully saturated rings. The fourth-order valence-corrected chi connectivity index (χ4v) is 15.5. The van der Waals surface area contributed by atoms with E-state index >= 15 is 0 Å². The van der Waals surface area contributed by atoms with Gasteiger partial charge in [-0.3, -0.25) is 36.4 Å². The predicted molar refractivity (Wildman–Crippen MR) is 344 cm³/mol. The van der Waals surface area contributed by atoms with E-state index in [2.05, 4.69) is 33.5 Å². The molecule has 30 saturated heterocycles. The zero-order chi connectivity index (χ0) is 89.7. The maximum Gasteiger partial charge on any atom is 0.397 e. The van der Waals surface area contributed by atoms with E-state index in [0.717, 1.165) is 0 Å². The van der Waals surface area contributed by atoms with Gasteiger partial charge in [-0.15, -0.1) is 0 Å². The molecule has 16 bridgehead atoms. The Labute approximate surface area is 673 Å². The number of aliphatic hydroxyl groups is 16. The van der Waals surface area contributed by atoms with Crippen LogP contribution in [0, 0.1) is 0 Å². The second-order valence-electron chi connectivity index (χ2n) is 26.7. The Hall–Kier alpha value is -2.32. The summed E-state index contributed by atoms with van der Waals surface area (Å²) in [6.45, 7) is -13.6. The summed E-state index contributed by atoms with van der Waals surface area (Å²) >= 11 is 0. The van der Waals surface area contributed by atoms with Crippen molar-refractivity contribution in [2.24, 2.45) is 0 Å². The Bertz CT molecular complexity index is 3530. The minimum atomic E-state index is -5.73. The SMILES string of the molecule is O=S(=O)(O)OC[C@H]1O[C@@H]2O[C@H]3[C@H](O)[C@@H](O)[C@@H](O[C@H]4[C@H](O)[C@@H](O)[C@@H](O[C@H]5[C@H](O)[C@@H](O)[C@@H](O[C@H]6[C@H](O)[C@@H](O)[C@@H](O[C@H]7[C@H](O)[C@@H](O)[C@@H](O[C@H]8[C@H](O)[C@@H](O)[C@@H](O[C@H]9[C@H](O)[C@@H](O)C(O[C@H]1[C@H](O)[C@H]2O)O[C@@H]9COS(=O)(=O)O)O[C@@H]8COS(=O)(=O)O)O[C@@H]7COS(=O)(=O)O)O[C@@H]6COS(=O)(=O)O)O[C@@H]5COS(=O)(=O)O)O[C@@H]4COS(=O)(=O)O)O[C@@H]3COS(=O)(=O)O. The van der Waals surface area contributed by atoms with Gasteiger partial charge in [0.2, 0.25) is 0 Å². The van der Waals surface area contributed by atoms with Crippen LogP contribution in [0.5, 0.6) is 0 Å². The molecule has 30 aliphatic rings. The largest absolute Gasteiger partial charge is 0.397 e. The first kappa shape index (κ1) is 101. The summed E-state index contributed by atoms with van der Waals surface area (Å²) in [5.74, 6) is 0. The van der Waals surface area contributed by atoms with Crippen molar-refractivity contribution in [2.45, 2.75) is 246 Å². The summed E-state index contributed by atoms with van der Waals surface area (Å²) in [6.07, 6.45) is -109. The summed E-state index contributed by atoms with van der Waals surface area (Å²) in [7, 11) is -45.8. The van der Waals surface area contributed by atoms with E-state index in [-0.39, 0.29) is 0 Å². The van der Waals surface area contributed by atoms with Gasteiger partial charge in [0.25, 0.3) is 0 Å². The van der Waals surface area contributed by atoms with Gasteiger partial charge in [-0.2, -0.15) is 67.3 Å². The number of hydrogen-bond acceptors (Lipinski definition) is 56. The average molecular weight is 1940 g/mol. The van der Waals surface area contributed by atoms with Crippen LogP contribution >= 0.6 is 0 Å². The Morgan fingerprint density at radius 1 is 0.150 bits per heavy atom. The summed E-state index contributed by atoms with van der Waals surface area (Å²) in [5.41, 5.74) is 0. The molecule has 30 rings (SSSR count). The third-order valence-corrected chi connectivity index (χ3v) is 22.0. The van der Waals surface area contributed by atoms with Crippen LogP contribution in [-0.2, 0) is 192 Å². The van der Waals surface area contributed by atoms with E-state index in [9.17, 15) is 185 Å². The van der Waals surface area contributed by atoms with Gasteiger partial charge in [-0.25, -0.2) is 33.5 Å². The van der Waals surface area contributed by atoms with E-state index in [4.69, 9.17) is 75.8 Å². The molecule has 0 spiro atoms. The lowest BCUT2D eigenvalue weighted by molar-refractivity contribution is -0.403. The monoisotopic (exact) mass is 1940 g/mol. The van der Waals surface area contributed by atoms with Gasteiger partial charge < -0.3 is 157 Å². The summed E-state index contributed by atoms with van der Waals surface area (Å²) < 4.78 is 394. The first-order chi connectivity index (χ1) is 55.1. The predicted octanol–water partition coefficient (Wildman–Crippen LogP) is -18.8. The van der Waals surface area contributed by atoms with Crippen molar-refractivity contribution in [3.05, 3.63) is 0 Å². The van der Waals surface area contributed by atoms with Crippen LogP contribution in [0.2, 0.25) is 0 Å². The highest BCUT2D eigenvalue weighted by molar-refractivity contribution is 7.82. The highest BCUT2D eigenvalue weighted by atomic mass is 32.3. The van der Waals surface area contributed by atoms with Crippen molar-refractivity contribution in [1.29, 1.82) is 0 Å². The Morgan fingerprint density at radius 3 is 0.308 bits per heavy atom. The smallest absolute Gasteiger partial charge is 0.387 e. The summed E-state index contributed by atoms with van der Waals surface area (Å²) in [5, 5.41) is 187. The Kier molecular flexibility index (Phi) is 33.8. The van der Waals surface area contributed by atoms with Crippen molar-refractivity contribution in [2.75, 3.05) is 52.9 Å². The van der Waals surface area contributed by atoms with Crippen molar-refractivity contribution < 1.29 is 295 Å². The number of rotatable bonds is 24. The van der Waals surface area contributed by atoms with Crippen LogP contribution < -0.4 is 0 Å². The molecule has 0 radical (unpaired) electrons. The van der Waals surface area contributed by atoms with Gasteiger partial charge in [0.05, 0.1) is 52.9 Å². The lowest BCUT2D eigenvalue weighted by Crippen LogP contribution is -2.69. The fourth-order valence-electron chi connectivity index (χ4n) is 13.0. The third-order valence-electron chi connectivity index (χ3n) is 18.5. The van der Waals surface area contributed by atoms with Crippen LogP contribution in [0.3, 0.4) is 0 Å². The van der Waals surface area contributed by atoms with Crippen LogP contribution in [0.15, 0.2) is 0 Å². The fraction of sp³-hybridized carbons (Fsp3) is 1.00. The minimum absolute atomic E-state index is 1.70. The molecule has 0 aromatic carbocycles. The molecule has 64 nitrogen and oxygen atoms in total. The van der Waals surface area contributed by atoms with Crippen molar-refractivity contribution >= 4 is 83.2 Å². The lowest BCUT2D eigenvalue weighted by Gasteiger charge is -2.51. The Morgan fingerprint density at radius 2 is 0.233 bits per heavy atom. The molecule has 0 aromatic rings. The Balaban J connectivity index is 1.13. The minimum Gasteiger partial charge on any atom is -0.387 e. The van der Waals surface area contributed by atoms with Crippen LogP contribution in [0.1, 0.15) is 0 Å². The van der Waals surface area contributed by atoms with Crippen molar-refractivity contribution in [3.8, 4) is 0 Å². The first-order valence-corrected chi connectivity index (χ1v) is 44.3. The molecule has 30 heterocycles. The number of hydrogen-bond donors (Lipinski definition) is 24. The van der Waals surface area contributed by atoms with E-state index in [0.29, 0.717) is 0 Å². The quantitative estimate of drug-likeness (QED) is 0.0399. The molecule has 72 heteroatoms. The highest BCUT2D eigenvalue weighted by Gasteiger charge is 2.62. The van der Waals surface area contributed by atoms with E-state index in [1.54, 1.807) is 0 Å². The van der Waals surface area contributed by atoms with E-state index in [1.165, 1.54) is 0 Å². The molecule has 704 valence electrons. The van der Waals surface area contributed by atoms with Crippen molar-refractivity contribution in [3.63, 3.8) is 0 Å². The molecule has 0 saturated carbocycles. The summed E-state index contributed by atoms with van der Waals surface area (Å²) in [4.78, 5) is 0. The van der Waals surface area contributed by atoms with Gasteiger partial charge in [0.1, 0.15) is 195 Å². The van der Waals surface area contributed by atoms with Crippen molar-refractivity contribution in [1.82, 2.24) is 0 Å². The molecule has 0 aliphatic carbocycles. The van der Waals surface area contributed by atoms with Crippen LogP contribution in [-0.4, -0.2) is 484 Å². The van der Waals surface area contributed by atoms with E-state index < -0.39 is 382 Å². The zero-order valence-corrected chi connectivity index (χ0v) is 65.6. The maximum absolute atomic E-state index is 12.0. The molecular weight excluding hydrogens is 1860 g/mol. The van der Waals surface area contributed by atoms with E-state index in [1.807, 2.05) is 0 Å². The zero-order valence-electron chi connectivity index (χ0n) is 59.1. The summed E-state index contributed by atoms with van der Waals surface area (Å²) in [6, 6.07) is 0. The molecule has 30 aliphatic heterocycles. The molecule has 0 amide bonds. The van der Waals surface area contributed by atoms with Gasteiger partial charge in [-0.05, 0) is 0 Å². The molecular formula is C48H80O64S8. The van der Waals surface area contributed by atoms with Gasteiger partial charge >= 0.3 is 83.2 Å². The second kappa shape index (κ2) is 40.0. The topological polar surface area (TPSA) is 980 Å². The van der Waals surface area contributed by atoms with Gasteiger partial charge in [0.15, 0.2) is 50.3 Å².